The van der Waals surface area contributed by atoms with Crippen LogP contribution in [0, 0.1) is 0 Å². The van der Waals surface area contributed by atoms with Gasteiger partial charge in [0, 0.05) is 25.7 Å². The van der Waals surface area contributed by atoms with Crippen molar-refractivity contribution < 1.29 is 9.47 Å². The minimum Gasteiger partial charge on any atom is -0.496 e. The largest absolute Gasteiger partial charge is 0.496 e. The lowest BCUT2D eigenvalue weighted by Crippen LogP contribution is -2.16. The summed E-state index contributed by atoms with van der Waals surface area (Å²) in [6.45, 7) is 27.8. The summed E-state index contributed by atoms with van der Waals surface area (Å²) >= 11 is 0. The monoisotopic (exact) mass is 644 g/mol. The number of methoxy groups -OCH3 is 2. The summed E-state index contributed by atoms with van der Waals surface area (Å²) in [7, 11) is 3.69. The third-order valence-electron chi connectivity index (χ3n) is 10.0. The van der Waals surface area contributed by atoms with E-state index in [1.54, 1.807) is 0 Å². The van der Waals surface area contributed by atoms with E-state index in [0.717, 1.165) is 37.2 Å². The van der Waals surface area contributed by atoms with E-state index >= 15 is 0 Å². The maximum atomic E-state index is 6.32. The highest BCUT2D eigenvalue weighted by molar-refractivity contribution is 5.54. The molecule has 4 aromatic rings. The average Bonchev–Trinajstić information content (AvgIpc) is 2.94. The summed E-state index contributed by atoms with van der Waals surface area (Å²) in [5.41, 5.74) is 15.8. The van der Waals surface area contributed by atoms with Gasteiger partial charge in [-0.3, -0.25) is 0 Å². The molecule has 0 fully saturated rings. The van der Waals surface area contributed by atoms with Gasteiger partial charge in [0.1, 0.15) is 11.5 Å². The molecule has 256 valence electrons. The van der Waals surface area contributed by atoms with Crippen LogP contribution in [-0.2, 0) is 47.3 Å². The second kappa shape index (κ2) is 12.7. The van der Waals surface area contributed by atoms with Crippen LogP contribution >= 0.6 is 0 Å². The van der Waals surface area contributed by atoms with E-state index in [2.05, 4.69) is 144 Å². The maximum Gasteiger partial charge on any atom is 0.125 e. The highest BCUT2D eigenvalue weighted by Crippen LogP contribution is 2.39. The molecule has 48 heavy (non-hydrogen) atoms. The Bertz CT molecular complexity index is 1580. The van der Waals surface area contributed by atoms with Crippen molar-refractivity contribution in [3.05, 3.63) is 127 Å². The maximum absolute atomic E-state index is 6.32. The first-order chi connectivity index (χ1) is 22.1. The van der Waals surface area contributed by atoms with Crippen molar-refractivity contribution in [1.82, 2.24) is 0 Å². The van der Waals surface area contributed by atoms with Crippen LogP contribution in [-0.4, -0.2) is 14.2 Å². The standard InChI is InChI=1S/C46H60O2/c1-43(2,3)37-21-29-15-30(22-37)18-34-26-40(46(10,11)12)28-36(42(34)48-14)20-32-16-31(23-38(24-32)44(4,5)6)19-35-27-39(45(7,8)9)25-33(17-29)41(35)47-13/h15-16,21-28H,17-20H2,1-14H3. The second-order valence-electron chi connectivity index (χ2n) is 18.4. The van der Waals surface area contributed by atoms with Crippen LogP contribution in [0.3, 0.4) is 0 Å². The van der Waals surface area contributed by atoms with Gasteiger partial charge in [-0.2, -0.15) is 0 Å². The number of rotatable bonds is 2. The van der Waals surface area contributed by atoms with Gasteiger partial charge in [0.05, 0.1) is 14.2 Å². The van der Waals surface area contributed by atoms with Crippen LogP contribution in [0.1, 0.15) is 150 Å². The Kier molecular flexibility index (Phi) is 9.50. The molecule has 0 aromatic heterocycles. The zero-order valence-corrected chi connectivity index (χ0v) is 32.4. The summed E-state index contributed by atoms with van der Waals surface area (Å²) in [6.07, 6.45) is 3.26. The molecule has 0 radical (unpaired) electrons. The Morgan fingerprint density at radius 1 is 0.333 bits per heavy atom. The van der Waals surface area contributed by atoms with E-state index in [4.69, 9.17) is 9.47 Å². The van der Waals surface area contributed by atoms with Crippen molar-refractivity contribution in [2.24, 2.45) is 0 Å². The van der Waals surface area contributed by atoms with Crippen molar-refractivity contribution in [3.8, 4) is 11.5 Å². The molecule has 0 spiro atoms. The highest BCUT2D eigenvalue weighted by atomic mass is 16.5. The number of fused-ring (bicyclic) bond motifs is 8. The molecule has 1 aliphatic carbocycles. The van der Waals surface area contributed by atoms with Gasteiger partial charge < -0.3 is 9.47 Å². The molecular weight excluding hydrogens is 585 g/mol. The van der Waals surface area contributed by atoms with Crippen molar-refractivity contribution in [2.75, 3.05) is 14.2 Å². The van der Waals surface area contributed by atoms with Crippen molar-refractivity contribution in [1.29, 1.82) is 0 Å². The quantitative estimate of drug-likeness (QED) is 0.190. The molecule has 5 rings (SSSR count). The van der Waals surface area contributed by atoms with Crippen LogP contribution in [0.15, 0.2) is 60.7 Å². The molecule has 0 saturated heterocycles. The zero-order valence-electron chi connectivity index (χ0n) is 32.4. The number of ether oxygens (including phenoxy) is 2. The zero-order chi connectivity index (χ0) is 35.4. The van der Waals surface area contributed by atoms with Gasteiger partial charge in [0.15, 0.2) is 0 Å². The molecule has 2 heteroatoms. The normalized spacial score (nSPS) is 14.1. The predicted octanol–water partition coefficient (Wildman–Crippen LogP) is 11.6. The summed E-state index contributed by atoms with van der Waals surface area (Å²) in [4.78, 5) is 0. The number of benzene rings is 4. The Morgan fingerprint density at radius 3 is 0.729 bits per heavy atom. The fraction of sp³-hybridized carbons (Fsp3) is 0.478. The molecule has 0 atom stereocenters. The predicted molar refractivity (Wildman–Crippen MR) is 205 cm³/mol. The molecule has 2 nitrogen and oxygen atoms in total. The molecule has 1 aliphatic rings. The van der Waals surface area contributed by atoms with Gasteiger partial charge in [-0.25, -0.2) is 0 Å². The van der Waals surface area contributed by atoms with Gasteiger partial charge in [0.25, 0.3) is 0 Å². The third-order valence-corrected chi connectivity index (χ3v) is 10.0. The lowest BCUT2D eigenvalue weighted by atomic mass is 9.79. The molecule has 0 amide bonds. The molecule has 0 aliphatic heterocycles. The average molecular weight is 645 g/mol. The smallest absolute Gasteiger partial charge is 0.125 e. The van der Waals surface area contributed by atoms with Gasteiger partial charge in [-0.05, 0) is 88.4 Å². The van der Waals surface area contributed by atoms with E-state index in [9.17, 15) is 0 Å². The molecule has 0 heterocycles. The van der Waals surface area contributed by atoms with Crippen LogP contribution in [0.4, 0.5) is 0 Å². The van der Waals surface area contributed by atoms with E-state index in [1.165, 1.54) is 66.8 Å². The van der Waals surface area contributed by atoms with E-state index in [-0.39, 0.29) is 21.7 Å². The van der Waals surface area contributed by atoms with Gasteiger partial charge in [-0.15, -0.1) is 0 Å². The second-order valence-corrected chi connectivity index (χ2v) is 18.4. The summed E-state index contributed by atoms with van der Waals surface area (Å²) in [5, 5.41) is 0. The minimum absolute atomic E-state index is 0.0114. The van der Waals surface area contributed by atoms with E-state index in [0.29, 0.717) is 0 Å². The Balaban J connectivity index is 1.86. The molecule has 0 saturated carbocycles. The molecule has 0 N–H and O–H groups in total. The van der Waals surface area contributed by atoms with Crippen molar-refractivity contribution in [3.63, 3.8) is 0 Å². The molecular formula is C46H60O2. The van der Waals surface area contributed by atoms with Gasteiger partial charge >= 0.3 is 0 Å². The summed E-state index contributed by atoms with van der Waals surface area (Å²) < 4.78 is 12.6. The lowest BCUT2D eigenvalue weighted by molar-refractivity contribution is 0.405. The van der Waals surface area contributed by atoms with Crippen molar-refractivity contribution >= 4 is 0 Å². The fourth-order valence-electron chi connectivity index (χ4n) is 7.10. The Morgan fingerprint density at radius 2 is 0.542 bits per heavy atom. The molecule has 0 unspecified atom stereocenters. The number of hydrogen-bond donors (Lipinski definition) is 0. The first-order valence-electron chi connectivity index (χ1n) is 17.8. The van der Waals surface area contributed by atoms with E-state index < -0.39 is 0 Å². The van der Waals surface area contributed by atoms with Crippen LogP contribution in [0.5, 0.6) is 11.5 Å². The van der Waals surface area contributed by atoms with Gasteiger partial charge in [-0.1, -0.05) is 144 Å². The van der Waals surface area contributed by atoms with Crippen LogP contribution in [0.2, 0.25) is 0 Å². The first-order valence-corrected chi connectivity index (χ1v) is 17.8. The van der Waals surface area contributed by atoms with E-state index in [1.807, 2.05) is 14.2 Å². The van der Waals surface area contributed by atoms with Gasteiger partial charge in [0.2, 0.25) is 0 Å². The lowest BCUT2D eigenvalue weighted by Gasteiger charge is -2.27. The van der Waals surface area contributed by atoms with Crippen LogP contribution < -0.4 is 9.47 Å². The summed E-state index contributed by atoms with van der Waals surface area (Å²) in [6, 6.07) is 24.1. The SMILES string of the molecule is COc1c2cc(C(C)(C)C)cc1Cc1cc(cc(C(C)(C)C)c1)Cc1cc(C(C)(C)C)cc(c1OC)Cc1cc(cc(C(C)(C)C)c1)C2. The topological polar surface area (TPSA) is 18.5 Å². The fourth-order valence-corrected chi connectivity index (χ4v) is 7.10. The third kappa shape index (κ3) is 7.85. The molecule has 8 bridgehead atoms. The number of hydrogen-bond acceptors (Lipinski definition) is 2. The highest BCUT2D eigenvalue weighted by Gasteiger charge is 2.25. The Hall–Kier alpha value is -3.52. The first kappa shape index (κ1) is 35.8. The Labute approximate surface area is 292 Å². The summed E-state index contributed by atoms with van der Waals surface area (Å²) in [5.74, 6) is 2.03. The minimum atomic E-state index is 0.0114. The molecule has 4 aromatic carbocycles. The van der Waals surface area contributed by atoms with Crippen molar-refractivity contribution in [2.45, 2.75) is 130 Å². The van der Waals surface area contributed by atoms with Crippen LogP contribution in [0.25, 0.3) is 0 Å².